The van der Waals surface area contributed by atoms with Crippen molar-refractivity contribution in [1.29, 1.82) is 0 Å². The second-order valence-corrected chi connectivity index (χ2v) is 8.95. The van der Waals surface area contributed by atoms with Gasteiger partial charge in [0.05, 0.1) is 4.90 Å². The summed E-state index contributed by atoms with van der Waals surface area (Å²) in [5, 5.41) is 2.87. The van der Waals surface area contributed by atoms with E-state index in [1.165, 1.54) is 0 Å². The summed E-state index contributed by atoms with van der Waals surface area (Å²) < 4.78 is 27.5. The molecule has 0 bridgehead atoms. The Hall–Kier alpha value is -1.40. The molecule has 0 aromatic heterocycles. The van der Waals surface area contributed by atoms with Gasteiger partial charge in [0.15, 0.2) is 0 Å². The summed E-state index contributed by atoms with van der Waals surface area (Å²) in [5.74, 6) is 0.151. The molecule has 1 aliphatic heterocycles. The number of carbonyl (C=O) groups excluding carboxylic acids is 1. The monoisotopic (exact) mass is 350 g/mol. The number of hydrogen-bond donors (Lipinski definition) is 1. The maximum atomic E-state index is 12.9. The van der Waals surface area contributed by atoms with E-state index in [9.17, 15) is 13.2 Å². The van der Waals surface area contributed by atoms with Gasteiger partial charge in [0.1, 0.15) is 0 Å². The van der Waals surface area contributed by atoms with E-state index >= 15 is 0 Å². The van der Waals surface area contributed by atoms with Crippen molar-refractivity contribution in [1.82, 2.24) is 4.31 Å². The van der Waals surface area contributed by atoms with Crippen molar-refractivity contribution in [2.45, 2.75) is 69.4 Å². The molecule has 0 spiro atoms. The van der Waals surface area contributed by atoms with Crippen molar-refractivity contribution < 1.29 is 13.2 Å². The minimum atomic E-state index is -3.49. The molecule has 1 aromatic carbocycles. The Bertz CT molecular complexity index is 685. The Labute approximate surface area is 144 Å². The average Bonchev–Trinajstić information content (AvgIpc) is 2.45. The summed E-state index contributed by atoms with van der Waals surface area (Å²) in [4.78, 5) is 12.3. The number of carbonyl (C=O) groups is 1. The number of nitrogens with zero attached hydrogens (tertiary/aromatic N) is 1. The van der Waals surface area contributed by atoms with E-state index in [1.807, 2.05) is 13.8 Å². The zero-order valence-corrected chi connectivity index (χ0v) is 15.2. The molecule has 1 heterocycles. The zero-order chi connectivity index (χ0) is 17.3. The Morgan fingerprint density at radius 1 is 1.00 bits per heavy atom. The van der Waals surface area contributed by atoms with E-state index in [-0.39, 0.29) is 23.9 Å². The number of nitrogens with one attached hydrogen (secondary N) is 1. The van der Waals surface area contributed by atoms with E-state index in [4.69, 9.17) is 0 Å². The number of benzene rings is 1. The lowest BCUT2D eigenvalue weighted by atomic mass is 9.85. The van der Waals surface area contributed by atoms with Crippen LogP contribution in [0.25, 0.3) is 0 Å². The van der Waals surface area contributed by atoms with Crippen molar-refractivity contribution in [3.63, 3.8) is 0 Å². The Morgan fingerprint density at radius 2 is 1.54 bits per heavy atom. The third kappa shape index (κ3) is 3.35. The number of sulfonamides is 1. The quantitative estimate of drug-likeness (QED) is 0.905. The lowest BCUT2D eigenvalue weighted by molar-refractivity contribution is -0.122. The molecular formula is C18H26N2O3S. The predicted octanol–water partition coefficient (Wildman–Crippen LogP) is 3.38. The first-order valence-corrected chi connectivity index (χ1v) is 10.3. The number of anilines is 1. The molecule has 24 heavy (non-hydrogen) atoms. The Balaban J connectivity index is 1.75. The number of piperidine rings is 1. The highest BCUT2D eigenvalue weighted by Gasteiger charge is 2.35. The molecule has 1 aromatic rings. The first-order valence-electron chi connectivity index (χ1n) is 8.84. The van der Waals surface area contributed by atoms with Crippen LogP contribution in [0, 0.1) is 5.92 Å². The predicted molar refractivity (Wildman–Crippen MR) is 94.2 cm³/mol. The molecule has 132 valence electrons. The molecule has 1 N–H and O–H groups in total. The maximum Gasteiger partial charge on any atom is 0.243 e. The molecule has 0 radical (unpaired) electrons. The fourth-order valence-corrected chi connectivity index (χ4v) is 5.50. The lowest BCUT2D eigenvalue weighted by Gasteiger charge is -2.37. The van der Waals surface area contributed by atoms with E-state index in [1.54, 1.807) is 28.6 Å². The van der Waals surface area contributed by atoms with Crippen LogP contribution in [-0.4, -0.2) is 30.7 Å². The largest absolute Gasteiger partial charge is 0.326 e. The smallest absolute Gasteiger partial charge is 0.243 e. The van der Waals surface area contributed by atoms with Crippen LogP contribution in [-0.2, 0) is 14.8 Å². The summed E-state index contributed by atoms with van der Waals surface area (Å²) in [6.45, 7) is 3.95. The normalized spacial score (nSPS) is 25.9. The van der Waals surface area contributed by atoms with Gasteiger partial charge in [0.2, 0.25) is 15.9 Å². The maximum absolute atomic E-state index is 12.9. The van der Waals surface area contributed by atoms with Crippen molar-refractivity contribution >= 4 is 21.6 Å². The first-order chi connectivity index (χ1) is 11.4. The van der Waals surface area contributed by atoms with E-state index in [0.29, 0.717) is 10.6 Å². The summed E-state index contributed by atoms with van der Waals surface area (Å²) in [7, 11) is -3.49. The highest BCUT2D eigenvalue weighted by molar-refractivity contribution is 7.89. The van der Waals surface area contributed by atoms with Crippen molar-refractivity contribution in [2.75, 3.05) is 5.32 Å². The van der Waals surface area contributed by atoms with E-state index in [0.717, 1.165) is 38.5 Å². The molecule has 1 aliphatic carbocycles. The molecule has 1 saturated heterocycles. The molecule has 1 saturated carbocycles. The Morgan fingerprint density at radius 3 is 2.04 bits per heavy atom. The van der Waals surface area contributed by atoms with Crippen LogP contribution >= 0.6 is 0 Å². The molecule has 3 rings (SSSR count). The van der Waals surface area contributed by atoms with E-state index < -0.39 is 10.0 Å². The molecule has 6 heteroatoms. The number of rotatable bonds is 4. The number of amides is 1. The SMILES string of the molecule is C[C@H]1CCC[C@H](C)N1S(=O)(=O)c1ccc(NC(=O)C2CCC2)cc1. The second-order valence-electron chi connectivity index (χ2n) is 7.11. The van der Waals surface area contributed by atoms with Crippen molar-refractivity contribution in [3.05, 3.63) is 24.3 Å². The topological polar surface area (TPSA) is 66.5 Å². The molecule has 2 aliphatic rings. The highest BCUT2D eigenvalue weighted by atomic mass is 32.2. The van der Waals surface area contributed by atoms with E-state index in [2.05, 4.69) is 5.32 Å². The van der Waals surface area contributed by atoms with Gasteiger partial charge in [-0.25, -0.2) is 8.42 Å². The Kier molecular flexibility index (Phi) is 4.97. The number of hydrogen-bond acceptors (Lipinski definition) is 3. The summed E-state index contributed by atoms with van der Waals surface area (Å²) in [5.41, 5.74) is 0.658. The summed E-state index contributed by atoms with van der Waals surface area (Å²) >= 11 is 0. The molecule has 5 nitrogen and oxygen atoms in total. The van der Waals surface area contributed by atoms with Gasteiger partial charge in [-0.3, -0.25) is 4.79 Å². The van der Waals surface area contributed by atoms with Gasteiger partial charge in [-0.05, 0) is 63.8 Å². The van der Waals surface area contributed by atoms with Crippen LogP contribution in [0.15, 0.2) is 29.2 Å². The fourth-order valence-electron chi connectivity index (χ4n) is 3.62. The van der Waals surface area contributed by atoms with Crippen LogP contribution in [0.3, 0.4) is 0 Å². The van der Waals surface area contributed by atoms with Gasteiger partial charge >= 0.3 is 0 Å². The second kappa shape index (κ2) is 6.84. The minimum Gasteiger partial charge on any atom is -0.326 e. The zero-order valence-electron chi connectivity index (χ0n) is 14.4. The van der Waals surface area contributed by atoms with Crippen LogP contribution in [0.4, 0.5) is 5.69 Å². The highest BCUT2D eigenvalue weighted by Crippen LogP contribution is 2.30. The molecular weight excluding hydrogens is 324 g/mol. The van der Waals surface area contributed by atoms with Gasteiger partial charge in [0, 0.05) is 23.7 Å². The van der Waals surface area contributed by atoms with Crippen LogP contribution in [0.5, 0.6) is 0 Å². The van der Waals surface area contributed by atoms with Gasteiger partial charge in [-0.1, -0.05) is 12.8 Å². The summed E-state index contributed by atoms with van der Waals surface area (Å²) in [6.07, 6.45) is 5.88. The van der Waals surface area contributed by atoms with Crippen molar-refractivity contribution in [2.24, 2.45) is 5.92 Å². The van der Waals surface area contributed by atoms with Crippen molar-refractivity contribution in [3.8, 4) is 0 Å². The van der Waals surface area contributed by atoms with Gasteiger partial charge in [-0.15, -0.1) is 0 Å². The van der Waals surface area contributed by atoms with Gasteiger partial charge in [0.25, 0.3) is 0 Å². The lowest BCUT2D eigenvalue weighted by Crippen LogP contribution is -2.47. The minimum absolute atomic E-state index is 0.0248. The third-order valence-corrected chi connectivity index (χ3v) is 7.43. The standard InChI is InChI=1S/C18H26N2O3S/c1-13-5-3-6-14(2)20(13)24(22,23)17-11-9-16(10-12-17)19-18(21)15-7-4-8-15/h9-15H,3-8H2,1-2H3,(H,19,21)/t13-,14-/m0/s1. The van der Waals surface area contributed by atoms with Gasteiger partial charge in [-0.2, -0.15) is 4.31 Å². The molecule has 2 fully saturated rings. The van der Waals surface area contributed by atoms with Crippen LogP contribution in [0.1, 0.15) is 52.4 Å². The molecule has 2 atom stereocenters. The van der Waals surface area contributed by atoms with Crippen LogP contribution in [0.2, 0.25) is 0 Å². The first kappa shape index (κ1) is 17.4. The molecule has 0 unspecified atom stereocenters. The fraction of sp³-hybridized carbons (Fsp3) is 0.611. The van der Waals surface area contributed by atoms with Crippen LogP contribution < -0.4 is 5.32 Å². The third-order valence-electron chi connectivity index (χ3n) is 5.29. The summed E-state index contributed by atoms with van der Waals surface area (Å²) in [6, 6.07) is 6.61. The molecule has 1 amide bonds. The average molecular weight is 350 g/mol. The van der Waals surface area contributed by atoms with Gasteiger partial charge < -0.3 is 5.32 Å².